The molecule has 0 bridgehead atoms. The van der Waals surface area contributed by atoms with E-state index in [4.69, 9.17) is 17.3 Å². The van der Waals surface area contributed by atoms with Gasteiger partial charge in [0, 0.05) is 11.4 Å². The first-order valence-corrected chi connectivity index (χ1v) is 4.33. The highest BCUT2D eigenvalue weighted by Crippen LogP contribution is 2.36. The number of hydrogen-bond acceptors (Lipinski definition) is 1. The molecule has 2 N–H and O–H groups in total. The van der Waals surface area contributed by atoms with E-state index in [1.165, 1.54) is 0 Å². The Morgan fingerprint density at radius 3 is 2.40 bits per heavy atom. The number of alkyl halides is 1. The van der Waals surface area contributed by atoms with Crippen molar-refractivity contribution in [3.8, 4) is 0 Å². The second kappa shape index (κ2) is 2.71. The summed E-state index contributed by atoms with van der Waals surface area (Å²) in [4.78, 5) is 0. The van der Waals surface area contributed by atoms with Crippen LogP contribution >= 0.6 is 11.6 Å². The molecule has 1 aliphatic carbocycles. The van der Waals surface area contributed by atoms with Gasteiger partial charge >= 0.3 is 0 Å². The minimum absolute atomic E-state index is 0.304. The Hall–Kier alpha value is 0.250. The fraction of sp³-hybridized carbons (Fsp3) is 1.00. The van der Waals surface area contributed by atoms with Gasteiger partial charge in [0.15, 0.2) is 0 Å². The van der Waals surface area contributed by atoms with Crippen LogP contribution in [0.3, 0.4) is 0 Å². The molecule has 60 valence electrons. The van der Waals surface area contributed by atoms with E-state index >= 15 is 0 Å². The van der Waals surface area contributed by atoms with Crippen molar-refractivity contribution in [3.05, 3.63) is 0 Å². The van der Waals surface area contributed by atoms with E-state index in [-0.39, 0.29) is 0 Å². The zero-order valence-corrected chi connectivity index (χ0v) is 7.49. The summed E-state index contributed by atoms with van der Waals surface area (Å²) >= 11 is 6.02. The predicted molar refractivity (Wildman–Crippen MR) is 45.2 cm³/mol. The van der Waals surface area contributed by atoms with E-state index in [2.05, 4.69) is 13.8 Å². The number of nitrogens with two attached hydrogens (primary N) is 1. The molecule has 2 unspecified atom stereocenters. The maximum absolute atomic E-state index is 6.02. The van der Waals surface area contributed by atoms with Crippen LogP contribution in [-0.4, -0.2) is 11.4 Å². The lowest BCUT2D eigenvalue weighted by Gasteiger charge is -2.36. The standard InChI is InChI=1S/C8H16ClN/c1-8(2)4-6(9)3-7(10)5-8/h6-7H,3-5,10H2,1-2H3. The quantitative estimate of drug-likeness (QED) is 0.542. The van der Waals surface area contributed by atoms with Crippen molar-refractivity contribution in [2.45, 2.75) is 44.5 Å². The predicted octanol–water partition coefficient (Wildman–Crippen LogP) is 2.13. The molecule has 0 aromatic heterocycles. The maximum Gasteiger partial charge on any atom is 0.0355 e. The molecule has 10 heavy (non-hydrogen) atoms. The van der Waals surface area contributed by atoms with Crippen molar-refractivity contribution >= 4 is 11.6 Å². The van der Waals surface area contributed by atoms with E-state index in [0.29, 0.717) is 16.8 Å². The van der Waals surface area contributed by atoms with Gasteiger partial charge in [-0.05, 0) is 24.7 Å². The van der Waals surface area contributed by atoms with Crippen LogP contribution in [0.5, 0.6) is 0 Å². The fourth-order valence-corrected chi connectivity index (χ4v) is 2.53. The average Bonchev–Trinajstić information content (AvgIpc) is 1.54. The smallest absolute Gasteiger partial charge is 0.0355 e. The van der Waals surface area contributed by atoms with E-state index < -0.39 is 0 Å². The summed E-state index contributed by atoms with van der Waals surface area (Å²) in [7, 11) is 0. The highest BCUT2D eigenvalue weighted by atomic mass is 35.5. The lowest BCUT2D eigenvalue weighted by atomic mass is 9.75. The van der Waals surface area contributed by atoms with Crippen LogP contribution in [0.4, 0.5) is 0 Å². The molecular formula is C8H16ClN. The Morgan fingerprint density at radius 1 is 1.40 bits per heavy atom. The van der Waals surface area contributed by atoms with Gasteiger partial charge in [0.05, 0.1) is 0 Å². The SMILES string of the molecule is CC1(C)CC(N)CC(Cl)C1. The van der Waals surface area contributed by atoms with Crippen LogP contribution in [0.15, 0.2) is 0 Å². The number of rotatable bonds is 0. The topological polar surface area (TPSA) is 26.0 Å². The zero-order chi connectivity index (χ0) is 7.78. The molecule has 2 atom stereocenters. The molecular weight excluding hydrogens is 146 g/mol. The van der Waals surface area contributed by atoms with Crippen LogP contribution in [0.25, 0.3) is 0 Å². The highest BCUT2D eigenvalue weighted by molar-refractivity contribution is 6.20. The van der Waals surface area contributed by atoms with Crippen molar-refractivity contribution < 1.29 is 0 Å². The molecule has 0 amide bonds. The molecule has 0 radical (unpaired) electrons. The summed E-state index contributed by atoms with van der Waals surface area (Å²) < 4.78 is 0. The van der Waals surface area contributed by atoms with Gasteiger partial charge in [-0.2, -0.15) is 0 Å². The van der Waals surface area contributed by atoms with Crippen LogP contribution in [-0.2, 0) is 0 Å². The summed E-state index contributed by atoms with van der Waals surface area (Å²) in [6, 6.07) is 0.325. The lowest BCUT2D eigenvalue weighted by molar-refractivity contribution is 0.225. The van der Waals surface area contributed by atoms with Crippen molar-refractivity contribution in [1.29, 1.82) is 0 Å². The molecule has 1 aliphatic rings. The molecule has 0 aromatic carbocycles. The van der Waals surface area contributed by atoms with Crippen LogP contribution in [0, 0.1) is 5.41 Å². The minimum atomic E-state index is 0.304. The molecule has 0 aromatic rings. The second-order valence-electron chi connectivity index (χ2n) is 4.17. The van der Waals surface area contributed by atoms with Gasteiger partial charge in [-0.1, -0.05) is 13.8 Å². The van der Waals surface area contributed by atoms with E-state index in [1.807, 2.05) is 0 Å². The van der Waals surface area contributed by atoms with Crippen LogP contribution in [0.1, 0.15) is 33.1 Å². The third-order valence-electron chi connectivity index (χ3n) is 2.15. The minimum Gasteiger partial charge on any atom is -0.328 e. The first-order chi connectivity index (χ1) is 4.49. The van der Waals surface area contributed by atoms with Gasteiger partial charge < -0.3 is 5.73 Å². The molecule has 0 aliphatic heterocycles. The molecule has 0 saturated heterocycles. The van der Waals surface area contributed by atoms with E-state index in [9.17, 15) is 0 Å². The summed E-state index contributed by atoms with van der Waals surface area (Å²) in [5.74, 6) is 0. The highest BCUT2D eigenvalue weighted by Gasteiger charge is 2.30. The fourth-order valence-electron chi connectivity index (χ4n) is 1.89. The van der Waals surface area contributed by atoms with Crippen molar-refractivity contribution in [2.24, 2.45) is 11.1 Å². The van der Waals surface area contributed by atoms with Crippen molar-refractivity contribution in [3.63, 3.8) is 0 Å². The molecule has 1 saturated carbocycles. The van der Waals surface area contributed by atoms with Gasteiger partial charge in [0.25, 0.3) is 0 Å². The Bertz CT molecular complexity index is 110. The first kappa shape index (κ1) is 8.35. The molecule has 2 heteroatoms. The number of halogens is 1. The van der Waals surface area contributed by atoms with Gasteiger partial charge in [0.1, 0.15) is 0 Å². The largest absolute Gasteiger partial charge is 0.328 e. The molecule has 1 nitrogen and oxygen atoms in total. The summed E-state index contributed by atoms with van der Waals surface area (Å²) in [6.07, 6.45) is 3.23. The summed E-state index contributed by atoms with van der Waals surface area (Å²) in [6.45, 7) is 4.47. The normalized spacial score (nSPS) is 39.6. The van der Waals surface area contributed by atoms with E-state index in [0.717, 1.165) is 19.3 Å². The number of hydrogen-bond donors (Lipinski definition) is 1. The molecule has 0 spiro atoms. The third kappa shape index (κ3) is 2.14. The maximum atomic E-state index is 6.02. The lowest BCUT2D eigenvalue weighted by Crippen LogP contribution is -2.37. The van der Waals surface area contributed by atoms with Crippen molar-refractivity contribution in [1.82, 2.24) is 0 Å². The summed E-state index contributed by atoms with van der Waals surface area (Å²) in [5.41, 5.74) is 6.18. The van der Waals surface area contributed by atoms with Crippen molar-refractivity contribution in [2.75, 3.05) is 0 Å². The van der Waals surface area contributed by atoms with Gasteiger partial charge in [0.2, 0.25) is 0 Å². The van der Waals surface area contributed by atoms with Gasteiger partial charge in [-0.3, -0.25) is 0 Å². The Morgan fingerprint density at radius 2 is 2.00 bits per heavy atom. The molecule has 0 heterocycles. The summed E-state index contributed by atoms with van der Waals surface area (Å²) in [5, 5.41) is 0.304. The second-order valence-corrected chi connectivity index (χ2v) is 4.78. The molecule has 1 fully saturated rings. The zero-order valence-electron chi connectivity index (χ0n) is 6.73. The third-order valence-corrected chi connectivity index (χ3v) is 2.48. The monoisotopic (exact) mass is 161 g/mol. The van der Waals surface area contributed by atoms with Gasteiger partial charge in [-0.25, -0.2) is 0 Å². The van der Waals surface area contributed by atoms with Crippen LogP contribution in [0.2, 0.25) is 0 Å². The Balaban J connectivity index is 2.51. The molecule has 1 rings (SSSR count). The van der Waals surface area contributed by atoms with Crippen LogP contribution < -0.4 is 5.73 Å². The Kier molecular flexibility index (Phi) is 2.26. The average molecular weight is 162 g/mol. The first-order valence-electron chi connectivity index (χ1n) is 3.89. The van der Waals surface area contributed by atoms with Gasteiger partial charge in [-0.15, -0.1) is 11.6 Å². The van der Waals surface area contributed by atoms with E-state index in [1.54, 1.807) is 0 Å². The Labute approximate surface area is 67.9 Å².